The summed E-state index contributed by atoms with van der Waals surface area (Å²) >= 11 is 0. The van der Waals surface area contributed by atoms with Crippen LogP contribution < -0.4 is 0 Å². The van der Waals surface area contributed by atoms with Crippen molar-refractivity contribution in [2.24, 2.45) is 17.8 Å². The summed E-state index contributed by atoms with van der Waals surface area (Å²) in [5.74, 6) is 4.18. The molecule has 4 rings (SSSR count). The number of benzene rings is 3. The van der Waals surface area contributed by atoms with E-state index < -0.39 is 5.60 Å². The van der Waals surface area contributed by atoms with Crippen molar-refractivity contribution >= 4 is 0 Å². The van der Waals surface area contributed by atoms with E-state index >= 15 is 0 Å². The van der Waals surface area contributed by atoms with Crippen LogP contribution in [0.15, 0.2) is 91.0 Å². The average molecular weight is 352 g/mol. The summed E-state index contributed by atoms with van der Waals surface area (Å²) in [5, 5.41) is 0. The molecule has 0 spiro atoms. The van der Waals surface area contributed by atoms with E-state index in [1.165, 1.54) is 0 Å². The lowest BCUT2D eigenvalue weighted by molar-refractivity contribution is 0.00378. The maximum atomic E-state index is 6.82. The minimum absolute atomic E-state index is 0.324. The standard InChI is InChI=1S/C26H24O/c1-3-24-20(2)25(24)19-27-26(21-13-7-4-8-14-21,22-15-9-5-10-16-22)23-17-11-6-12-18-23/h1,4-18,20,24-25H,19H2,2H3/t20-,24-,25-/m1/s1. The van der Waals surface area contributed by atoms with Crippen LogP contribution in [0.5, 0.6) is 0 Å². The molecule has 0 N–H and O–H groups in total. The molecule has 3 atom stereocenters. The molecule has 0 bridgehead atoms. The van der Waals surface area contributed by atoms with Gasteiger partial charge in [0.15, 0.2) is 0 Å². The van der Waals surface area contributed by atoms with Crippen LogP contribution in [0.25, 0.3) is 0 Å². The van der Waals surface area contributed by atoms with Gasteiger partial charge in [0.1, 0.15) is 5.60 Å². The van der Waals surface area contributed by atoms with Crippen molar-refractivity contribution in [2.45, 2.75) is 12.5 Å². The maximum absolute atomic E-state index is 6.82. The van der Waals surface area contributed by atoms with E-state index in [-0.39, 0.29) is 0 Å². The molecule has 134 valence electrons. The molecule has 3 aromatic carbocycles. The molecule has 1 fully saturated rings. The van der Waals surface area contributed by atoms with Crippen LogP contribution in [0.3, 0.4) is 0 Å². The Labute approximate surface area is 162 Å². The van der Waals surface area contributed by atoms with Gasteiger partial charge in [-0.3, -0.25) is 0 Å². The molecular weight excluding hydrogens is 328 g/mol. The number of rotatable bonds is 6. The molecule has 0 amide bonds. The monoisotopic (exact) mass is 352 g/mol. The lowest BCUT2D eigenvalue weighted by Gasteiger charge is -2.36. The molecule has 27 heavy (non-hydrogen) atoms. The Morgan fingerprint density at radius 1 is 0.778 bits per heavy atom. The van der Waals surface area contributed by atoms with Crippen LogP contribution in [0.1, 0.15) is 23.6 Å². The predicted octanol–water partition coefficient (Wildman–Crippen LogP) is 5.51. The third-order valence-corrected chi connectivity index (χ3v) is 5.79. The van der Waals surface area contributed by atoms with Gasteiger partial charge in [0.2, 0.25) is 0 Å². The molecule has 1 aliphatic carbocycles. The zero-order valence-electron chi connectivity index (χ0n) is 15.6. The summed E-state index contributed by atoms with van der Waals surface area (Å²) in [6.45, 7) is 2.86. The van der Waals surface area contributed by atoms with Crippen LogP contribution in [-0.4, -0.2) is 6.61 Å². The third-order valence-electron chi connectivity index (χ3n) is 5.79. The highest BCUT2D eigenvalue weighted by atomic mass is 16.5. The Balaban J connectivity index is 1.83. The van der Waals surface area contributed by atoms with Gasteiger partial charge in [0.25, 0.3) is 0 Å². The normalized spacial score (nSPS) is 21.4. The van der Waals surface area contributed by atoms with E-state index in [9.17, 15) is 0 Å². The minimum atomic E-state index is -0.648. The average Bonchev–Trinajstić information content (AvgIpc) is 3.39. The van der Waals surface area contributed by atoms with Crippen molar-refractivity contribution in [3.8, 4) is 12.3 Å². The quantitative estimate of drug-likeness (QED) is 0.420. The molecular formula is C26H24O. The summed E-state index contributed by atoms with van der Waals surface area (Å²) in [4.78, 5) is 0. The number of hydrogen-bond acceptors (Lipinski definition) is 1. The zero-order chi connectivity index (χ0) is 18.7. The van der Waals surface area contributed by atoms with Crippen LogP contribution in [-0.2, 0) is 10.3 Å². The van der Waals surface area contributed by atoms with Gasteiger partial charge in [-0.2, -0.15) is 0 Å². The summed E-state index contributed by atoms with van der Waals surface area (Å²) in [6, 6.07) is 31.5. The Morgan fingerprint density at radius 2 is 1.19 bits per heavy atom. The Bertz CT molecular complexity index is 812. The van der Waals surface area contributed by atoms with E-state index in [1.807, 2.05) is 18.2 Å². The number of ether oxygens (including phenoxy) is 1. The SMILES string of the molecule is C#C[C@@H]1[C@@H](C)[C@H]1COC(c1ccccc1)(c1ccccc1)c1ccccc1. The van der Waals surface area contributed by atoms with Gasteiger partial charge in [0.05, 0.1) is 6.61 Å². The molecule has 0 radical (unpaired) electrons. The fourth-order valence-electron chi connectivity index (χ4n) is 4.07. The van der Waals surface area contributed by atoms with Crippen LogP contribution in [0.4, 0.5) is 0 Å². The first-order chi connectivity index (χ1) is 13.3. The van der Waals surface area contributed by atoms with E-state index in [0.29, 0.717) is 24.4 Å². The third kappa shape index (κ3) is 3.18. The topological polar surface area (TPSA) is 9.23 Å². The smallest absolute Gasteiger partial charge is 0.143 e. The molecule has 0 aromatic heterocycles. The molecule has 1 aliphatic rings. The summed E-state index contributed by atoms with van der Waals surface area (Å²) in [5.41, 5.74) is 2.75. The molecule has 0 heterocycles. The second-order valence-corrected chi connectivity index (χ2v) is 7.31. The molecule has 3 aromatic rings. The number of terminal acetylenes is 1. The van der Waals surface area contributed by atoms with Crippen LogP contribution in [0.2, 0.25) is 0 Å². The Kier molecular flexibility index (Phi) is 4.84. The highest BCUT2D eigenvalue weighted by Gasteiger charge is 2.48. The molecule has 0 aliphatic heterocycles. The second-order valence-electron chi connectivity index (χ2n) is 7.31. The first-order valence-corrected chi connectivity index (χ1v) is 9.54. The van der Waals surface area contributed by atoms with Gasteiger partial charge in [-0.25, -0.2) is 0 Å². The lowest BCUT2D eigenvalue weighted by atomic mass is 9.80. The minimum Gasteiger partial charge on any atom is -0.360 e. The van der Waals surface area contributed by atoms with Crippen LogP contribution >= 0.6 is 0 Å². The molecule has 0 saturated heterocycles. The maximum Gasteiger partial charge on any atom is 0.143 e. The van der Waals surface area contributed by atoms with Gasteiger partial charge in [-0.05, 0) is 22.6 Å². The van der Waals surface area contributed by atoms with Gasteiger partial charge in [-0.15, -0.1) is 12.3 Å². The highest BCUT2D eigenvalue weighted by molar-refractivity contribution is 5.47. The highest BCUT2D eigenvalue weighted by Crippen LogP contribution is 2.48. The number of hydrogen-bond donors (Lipinski definition) is 0. The molecule has 1 heteroatoms. The molecule has 1 nitrogen and oxygen atoms in total. The second kappa shape index (κ2) is 7.43. The van der Waals surface area contributed by atoms with E-state index in [4.69, 9.17) is 11.2 Å². The van der Waals surface area contributed by atoms with Gasteiger partial charge in [0, 0.05) is 11.8 Å². The van der Waals surface area contributed by atoms with E-state index in [2.05, 4.69) is 85.6 Å². The van der Waals surface area contributed by atoms with Crippen molar-refractivity contribution in [1.29, 1.82) is 0 Å². The van der Waals surface area contributed by atoms with E-state index in [0.717, 1.165) is 16.7 Å². The first-order valence-electron chi connectivity index (χ1n) is 9.54. The largest absolute Gasteiger partial charge is 0.360 e. The Morgan fingerprint density at radius 3 is 1.52 bits per heavy atom. The molecule has 1 saturated carbocycles. The van der Waals surface area contributed by atoms with Gasteiger partial charge >= 0.3 is 0 Å². The summed E-state index contributed by atoms with van der Waals surface area (Å²) < 4.78 is 6.82. The van der Waals surface area contributed by atoms with Crippen molar-refractivity contribution < 1.29 is 4.74 Å². The van der Waals surface area contributed by atoms with Crippen LogP contribution in [0, 0.1) is 30.1 Å². The van der Waals surface area contributed by atoms with Crippen molar-refractivity contribution in [2.75, 3.05) is 6.61 Å². The Hall–Kier alpha value is -2.82. The van der Waals surface area contributed by atoms with E-state index in [1.54, 1.807) is 0 Å². The lowest BCUT2D eigenvalue weighted by Crippen LogP contribution is -2.33. The molecule has 0 unspecified atom stereocenters. The summed E-state index contributed by atoms with van der Waals surface area (Å²) in [7, 11) is 0. The first kappa shape index (κ1) is 17.6. The zero-order valence-corrected chi connectivity index (χ0v) is 15.6. The van der Waals surface area contributed by atoms with Crippen molar-refractivity contribution in [3.63, 3.8) is 0 Å². The van der Waals surface area contributed by atoms with Crippen molar-refractivity contribution in [3.05, 3.63) is 108 Å². The summed E-state index contributed by atoms with van der Waals surface area (Å²) in [6.07, 6.45) is 5.68. The van der Waals surface area contributed by atoms with Gasteiger partial charge in [-0.1, -0.05) is 97.9 Å². The fraction of sp³-hybridized carbons (Fsp3) is 0.231. The predicted molar refractivity (Wildman–Crippen MR) is 110 cm³/mol. The van der Waals surface area contributed by atoms with Crippen molar-refractivity contribution in [1.82, 2.24) is 0 Å². The fourth-order valence-corrected chi connectivity index (χ4v) is 4.07. The van der Waals surface area contributed by atoms with Gasteiger partial charge < -0.3 is 4.74 Å².